The van der Waals surface area contributed by atoms with E-state index >= 15 is 0 Å². The molecule has 0 spiro atoms. The molecule has 0 aliphatic carbocycles. The van der Waals surface area contributed by atoms with Crippen molar-refractivity contribution >= 4 is 11.9 Å². The molecule has 0 unspecified atom stereocenters. The van der Waals surface area contributed by atoms with Gasteiger partial charge >= 0.3 is 6.01 Å². The van der Waals surface area contributed by atoms with Gasteiger partial charge in [0.15, 0.2) is 0 Å². The zero-order valence-corrected chi connectivity index (χ0v) is 13.3. The summed E-state index contributed by atoms with van der Waals surface area (Å²) in [5.74, 6) is 0.104. The predicted molar refractivity (Wildman–Crippen MR) is 88.3 cm³/mol. The standard InChI is InChI=1S/C18H17N3O2/c1-11-4-7-14(8-5-11)16(22)19-18-21-20-17(23-18)15-9-6-12(2)13(3)10-15/h4-10H,1-3H3,(H,19,21,22). The number of benzene rings is 2. The molecule has 1 amide bonds. The fourth-order valence-electron chi connectivity index (χ4n) is 2.14. The predicted octanol–water partition coefficient (Wildman–Crippen LogP) is 3.91. The Kier molecular flexibility index (Phi) is 3.93. The third kappa shape index (κ3) is 3.29. The van der Waals surface area contributed by atoms with Gasteiger partial charge in [-0.3, -0.25) is 10.1 Å². The molecule has 5 nitrogen and oxygen atoms in total. The second kappa shape index (κ2) is 6.04. The third-order valence-electron chi connectivity index (χ3n) is 3.71. The van der Waals surface area contributed by atoms with Crippen LogP contribution in [0.15, 0.2) is 46.9 Å². The van der Waals surface area contributed by atoms with E-state index in [9.17, 15) is 4.79 Å². The van der Waals surface area contributed by atoms with Gasteiger partial charge in [0.25, 0.3) is 5.91 Å². The van der Waals surface area contributed by atoms with E-state index in [1.807, 2.05) is 51.1 Å². The summed E-state index contributed by atoms with van der Waals surface area (Å²) < 4.78 is 5.53. The average molecular weight is 307 g/mol. The van der Waals surface area contributed by atoms with E-state index in [4.69, 9.17) is 4.42 Å². The van der Waals surface area contributed by atoms with Gasteiger partial charge in [0.05, 0.1) is 0 Å². The van der Waals surface area contributed by atoms with Crippen molar-refractivity contribution in [1.82, 2.24) is 10.2 Å². The molecule has 0 fully saturated rings. The van der Waals surface area contributed by atoms with Crippen LogP contribution in [0.2, 0.25) is 0 Å². The number of hydrogen-bond acceptors (Lipinski definition) is 4. The highest BCUT2D eigenvalue weighted by Gasteiger charge is 2.13. The Morgan fingerprint density at radius 3 is 2.39 bits per heavy atom. The molecule has 23 heavy (non-hydrogen) atoms. The van der Waals surface area contributed by atoms with Crippen molar-refractivity contribution in [3.8, 4) is 11.5 Å². The van der Waals surface area contributed by atoms with Crippen LogP contribution in [0.25, 0.3) is 11.5 Å². The highest BCUT2D eigenvalue weighted by Crippen LogP contribution is 2.22. The summed E-state index contributed by atoms with van der Waals surface area (Å²) in [7, 11) is 0. The first kappa shape index (κ1) is 15.0. The van der Waals surface area contributed by atoms with Crippen molar-refractivity contribution < 1.29 is 9.21 Å². The smallest absolute Gasteiger partial charge is 0.322 e. The Bertz CT molecular complexity index is 851. The van der Waals surface area contributed by atoms with Crippen LogP contribution in [0.4, 0.5) is 6.01 Å². The maximum atomic E-state index is 12.1. The van der Waals surface area contributed by atoms with E-state index in [1.54, 1.807) is 12.1 Å². The lowest BCUT2D eigenvalue weighted by Gasteiger charge is -2.02. The van der Waals surface area contributed by atoms with Crippen LogP contribution in [0.3, 0.4) is 0 Å². The van der Waals surface area contributed by atoms with Crippen LogP contribution in [0, 0.1) is 20.8 Å². The molecule has 0 bridgehead atoms. The number of aromatic nitrogens is 2. The second-order valence-electron chi connectivity index (χ2n) is 5.53. The van der Waals surface area contributed by atoms with E-state index in [1.165, 1.54) is 5.56 Å². The first-order valence-electron chi connectivity index (χ1n) is 7.32. The molecule has 3 rings (SSSR count). The zero-order chi connectivity index (χ0) is 16.4. The Balaban J connectivity index is 1.77. The SMILES string of the molecule is Cc1ccc(C(=O)Nc2nnc(-c3ccc(C)c(C)c3)o2)cc1. The summed E-state index contributed by atoms with van der Waals surface area (Å²) in [6.07, 6.45) is 0. The summed E-state index contributed by atoms with van der Waals surface area (Å²) in [6, 6.07) is 13.3. The molecular formula is C18H17N3O2. The molecule has 1 heterocycles. The number of aryl methyl sites for hydroxylation is 3. The van der Waals surface area contributed by atoms with Crippen LogP contribution in [-0.2, 0) is 0 Å². The minimum Gasteiger partial charge on any atom is -0.403 e. The lowest BCUT2D eigenvalue weighted by atomic mass is 10.1. The van der Waals surface area contributed by atoms with Crippen LogP contribution in [-0.4, -0.2) is 16.1 Å². The van der Waals surface area contributed by atoms with Crippen molar-refractivity contribution in [1.29, 1.82) is 0 Å². The quantitative estimate of drug-likeness (QED) is 0.796. The van der Waals surface area contributed by atoms with Gasteiger partial charge in [-0.05, 0) is 56.2 Å². The van der Waals surface area contributed by atoms with Crippen molar-refractivity contribution in [3.05, 3.63) is 64.7 Å². The van der Waals surface area contributed by atoms with Gasteiger partial charge in [-0.15, -0.1) is 5.10 Å². The van der Waals surface area contributed by atoms with Gasteiger partial charge in [0.2, 0.25) is 5.89 Å². The van der Waals surface area contributed by atoms with Crippen LogP contribution in [0.1, 0.15) is 27.0 Å². The number of hydrogen-bond donors (Lipinski definition) is 1. The van der Waals surface area contributed by atoms with Gasteiger partial charge in [0.1, 0.15) is 0 Å². The number of nitrogens with one attached hydrogen (secondary N) is 1. The number of anilines is 1. The molecule has 0 radical (unpaired) electrons. The largest absolute Gasteiger partial charge is 0.403 e. The van der Waals surface area contributed by atoms with Gasteiger partial charge in [-0.2, -0.15) is 0 Å². The first-order chi connectivity index (χ1) is 11.0. The van der Waals surface area contributed by atoms with Gasteiger partial charge in [0, 0.05) is 11.1 Å². The number of rotatable bonds is 3. The van der Waals surface area contributed by atoms with E-state index in [2.05, 4.69) is 15.5 Å². The minimum atomic E-state index is -0.278. The molecule has 0 aliphatic heterocycles. The fourth-order valence-corrected chi connectivity index (χ4v) is 2.14. The molecule has 116 valence electrons. The second-order valence-corrected chi connectivity index (χ2v) is 5.53. The third-order valence-corrected chi connectivity index (χ3v) is 3.71. The zero-order valence-electron chi connectivity index (χ0n) is 13.3. The fraction of sp³-hybridized carbons (Fsp3) is 0.167. The van der Waals surface area contributed by atoms with E-state index in [0.29, 0.717) is 11.5 Å². The molecular weight excluding hydrogens is 290 g/mol. The monoisotopic (exact) mass is 307 g/mol. The number of carbonyl (C=O) groups is 1. The molecule has 0 aliphatic rings. The average Bonchev–Trinajstić information content (AvgIpc) is 2.99. The Morgan fingerprint density at radius 1 is 0.957 bits per heavy atom. The molecule has 0 saturated carbocycles. The molecule has 0 atom stereocenters. The summed E-state index contributed by atoms with van der Waals surface area (Å²) in [5.41, 5.74) is 4.81. The molecule has 3 aromatic rings. The van der Waals surface area contributed by atoms with Crippen molar-refractivity contribution in [2.45, 2.75) is 20.8 Å². The summed E-state index contributed by atoms with van der Waals surface area (Å²) in [6.45, 7) is 6.03. The van der Waals surface area contributed by atoms with Gasteiger partial charge in [-0.1, -0.05) is 28.9 Å². The maximum absolute atomic E-state index is 12.1. The molecule has 2 aromatic carbocycles. The molecule has 1 aromatic heterocycles. The highest BCUT2D eigenvalue weighted by atomic mass is 16.4. The maximum Gasteiger partial charge on any atom is 0.322 e. The van der Waals surface area contributed by atoms with Crippen LogP contribution >= 0.6 is 0 Å². The van der Waals surface area contributed by atoms with Crippen LogP contribution in [0.5, 0.6) is 0 Å². The Morgan fingerprint density at radius 2 is 1.70 bits per heavy atom. The summed E-state index contributed by atoms with van der Waals surface area (Å²) >= 11 is 0. The lowest BCUT2D eigenvalue weighted by molar-refractivity contribution is 0.102. The Labute approximate surface area is 134 Å². The summed E-state index contributed by atoms with van der Waals surface area (Å²) in [4.78, 5) is 12.1. The van der Waals surface area contributed by atoms with Crippen LogP contribution < -0.4 is 5.32 Å². The van der Waals surface area contributed by atoms with Crippen molar-refractivity contribution in [2.75, 3.05) is 5.32 Å². The van der Waals surface area contributed by atoms with Gasteiger partial charge < -0.3 is 4.42 Å². The molecule has 0 saturated heterocycles. The van der Waals surface area contributed by atoms with E-state index < -0.39 is 0 Å². The Hall–Kier alpha value is -2.95. The lowest BCUT2D eigenvalue weighted by Crippen LogP contribution is -2.11. The van der Waals surface area contributed by atoms with Gasteiger partial charge in [-0.25, -0.2) is 0 Å². The first-order valence-corrected chi connectivity index (χ1v) is 7.32. The number of nitrogens with zero attached hydrogens (tertiary/aromatic N) is 2. The topological polar surface area (TPSA) is 68.0 Å². The molecule has 5 heteroatoms. The van der Waals surface area contributed by atoms with E-state index in [-0.39, 0.29) is 11.9 Å². The van der Waals surface area contributed by atoms with Crippen molar-refractivity contribution in [3.63, 3.8) is 0 Å². The van der Waals surface area contributed by atoms with E-state index in [0.717, 1.165) is 16.7 Å². The highest BCUT2D eigenvalue weighted by molar-refractivity contribution is 6.03. The number of carbonyl (C=O) groups excluding carboxylic acids is 1. The number of amides is 1. The van der Waals surface area contributed by atoms with Crippen molar-refractivity contribution in [2.24, 2.45) is 0 Å². The minimum absolute atomic E-state index is 0.0869. The summed E-state index contributed by atoms with van der Waals surface area (Å²) in [5, 5.41) is 10.5. The normalized spacial score (nSPS) is 10.6. The molecule has 1 N–H and O–H groups in total.